The number of unbranched alkanes of at least 4 members (excludes halogenated alkanes) is 2. The summed E-state index contributed by atoms with van der Waals surface area (Å²) >= 11 is 0. The highest BCUT2D eigenvalue weighted by Crippen LogP contribution is 2.22. The normalized spacial score (nSPS) is 12.1. The minimum Gasteiger partial charge on any atom is -0.353 e. The van der Waals surface area contributed by atoms with Gasteiger partial charge in [0.25, 0.3) is 0 Å². The van der Waals surface area contributed by atoms with Crippen LogP contribution in [0, 0.1) is 0 Å². The number of aromatic nitrogens is 2. The summed E-state index contributed by atoms with van der Waals surface area (Å²) in [5.41, 5.74) is 4.96. The molecular formula is C26H33N3O. The fourth-order valence-corrected chi connectivity index (χ4v) is 3.73. The lowest BCUT2D eigenvalue weighted by Gasteiger charge is -2.12. The number of hydrogen-bond acceptors (Lipinski definition) is 2. The number of amides is 1. The first kappa shape index (κ1) is 21.8. The molecule has 158 valence electrons. The molecule has 1 amide bonds. The number of fused-ring (bicyclic) bond motifs is 1. The summed E-state index contributed by atoms with van der Waals surface area (Å²) in [7, 11) is 0. The summed E-state index contributed by atoms with van der Waals surface area (Å²) in [5.74, 6) is 1.63. The predicted octanol–water partition coefficient (Wildman–Crippen LogP) is 5.61. The van der Waals surface area contributed by atoms with Gasteiger partial charge in [0.1, 0.15) is 5.82 Å². The third-order valence-electron chi connectivity index (χ3n) is 5.80. The predicted molar refractivity (Wildman–Crippen MR) is 125 cm³/mol. The van der Waals surface area contributed by atoms with E-state index in [2.05, 4.69) is 72.8 Å². The molecule has 30 heavy (non-hydrogen) atoms. The Labute approximate surface area is 180 Å². The molecule has 1 N–H and O–H groups in total. The lowest BCUT2D eigenvalue weighted by molar-refractivity contribution is -0.116. The molecule has 0 aliphatic rings. The average Bonchev–Trinajstić information content (AvgIpc) is 3.13. The molecule has 3 rings (SSSR count). The largest absolute Gasteiger partial charge is 0.353 e. The molecule has 0 aliphatic carbocycles. The Bertz CT molecular complexity index is 972. The highest BCUT2D eigenvalue weighted by molar-refractivity contribution is 5.86. The summed E-state index contributed by atoms with van der Waals surface area (Å²) in [5, 5.41) is 2.84. The van der Waals surface area contributed by atoms with Crippen molar-refractivity contribution in [3.05, 3.63) is 78.1 Å². The smallest absolute Gasteiger partial charge is 0.243 e. The van der Waals surface area contributed by atoms with Gasteiger partial charge in [-0.25, -0.2) is 4.98 Å². The van der Waals surface area contributed by atoms with Crippen molar-refractivity contribution in [2.75, 3.05) is 6.54 Å². The van der Waals surface area contributed by atoms with Gasteiger partial charge in [-0.3, -0.25) is 4.79 Å². The molecule has 3 aromatic rings. The lowest BCUT2D eigenvalue weighted by Crippen LogP contribution is -2.21. The maximum Gasteiger partial charge on any atom is 0.243 e. The molecule has 0 fully saturated rings. The number of para-hydroxylation sites is 2. The van der Waals surface area contributed by atoms with Crippen LogP contribution < -0.4 is 5.32 Å². The Balaban J connectivity index is 1.67. The number of aryl methyl sites for hydroxylation is 1. The van der Waals surface area contributed by atoms with E-state index in [0.717, 1.165) is 50.0 Å². The quantitative estimate of drug-likeness (QED) is 0.334. The minimum atomic E-state index is -0.101. The van der Waals surface area contributed by atoms with E-state index in [1.807, 2.05) is 6.07 Å². The van der Waals surface area contributed by atoms with Crippen molar-refractivity contribution >= 4 is 16.9 Å². The van der Waals surface area contributed by atoms with Crippen molar-refractivity contribution in [1.82, 2.24) is 14.9 Å². The molecule has 0 aliphatic heterocycles. The molecule has 4 heteroatoms. The SMILES string of the molecule is C=CC(=O)NCCCCCc1nc2ccccc2n1Cc1ccc(C(C)CC)cc1. The van der Waals surface area contributed by atoms with E-state index in [1.165, 1.54) is 22.7 Å². The number of carbonyl (C=O) groups is 1. The Hall–Kier alpha value is -2.88. The number of benzene rings is 2. The molecule has 1 aromatic heterocycles. The molecule has 0 saturated heterocycles. The standard InChI is InChI=1S/C26H33N3O/c1-4-20(3)22-16-14-21(15-17-22)19-29-24-12-9-8-11-23(24)28-25(29)13-7-6-10-18-27-26(30)5-2/h5,8-9,11-12,14-17,20H,2,4,6-7,10,13,18-19H2,1,3H3,(H,27,30). The van der Waals surface area contributed by atoms with Crippen molar-refractivity contribution in [2.24, 2.45) is 0 Å². The average molecular weight is 404 g/mol. The van der Waals surface area contributed by atoms with Crippen LogP contribution in [0.4, 0.5) is 0 Å². The zero-order valence-corrected chi connectivity index (χ0v) is 18.2. The summed E-state index contributed by atoms with van der Waals surface area (Å²) in [6.07, 6.45) is 6.50. The molecule has 4 nitrogen and oxygen atoms in total. The number of carbonyl (C=O) groups excluding carboxylic acids is 1. The zero-order valence-electron chi connectivity index (χ0n) is 18.2. The van der Waals surface area contributed by atoms with E-state index in [-0.39, 0.29) is 5.91 Å². The number of hydrogen-bond donors (Lipinski definition) is 1. The number of rotatable bonds is 11. The van der Waals surface area contributed by atoms with E-state index < -0.39 is 0 Å². The maximum atomic E-state index is 11.2. The molecule has 2 aromatic carbocycles. The fraction of sp³-hybridized carbons (Fsp3) is 0.385. The fourth-order valence-electron chi connectivity index (χ4n) is 3.73. The van der Waals surface area contributed by atoms with Crippen molar-refractivity contribution in [2.45, 2.75) is 58.4 Å². The van der Waals surface area contributed by atoms with Crippen molar-refractivity contribution in [1.29, 1.82) is 0 Å². The van der Waals surface area contributed by atoms with Gasteiger partial charge in [-0.05, 0) is 54.5 Å². The van der Waals surface area contributed by atoms with E-state index in [1.54, 1.807) is 0 Å². The molecule has 0 spiro atoms. The van der Waals surface area contributed by atoms with Gasteiger partial charge in [0.2, 0.25) is 5.91 Å². The second-order valence-corrected chi connectivity index (χ2v) is 7.96. The molecule has 0 radical (unpaired) electrons. The van der Waals surface area contributed by atoms with Gasteiger partial charge in [-0.2, -0.15) is 0 Å². The lowest BCUT2D eigenvalue weighted by atomic mass is 9.97. The van der Waals surface area contributed by atoms with Crippen LogP contribution in [0.1, 0.15) is 62.4 Å². The third-order valence-corrected chi connectivity index (χ3v) is 5.80. The maximum absolute atomic E-state index is 11.2. The number of nitrogens with zero attached hydrogens (tertiary/aromatic N) is 2. The molecule has 1 heterocycles. The van der Waals surface area contributed by atoms with Crippen LogP contribution in [0.15, 0.2) is 61.2 Å². The van der Waals surface area contributed by atoms with E-state index in [9.17, 15) is 4.79 Å². The number of nitrogens with one attached hydrogen (secondary N) is 1. The summed E-state index contributed by atoms with van der Waals surface area (Å²) in [4.78, 5) is 16.1. The van der Waals surface area contributed by atoms with E-state index in [4.69, 9.17) is 4.98 Å². The van der Waals surface area contributed by atoms with Crippen LogP contribution in [-0.2, 0) is 17.8 Å². The first-order valence-corrected chi connectivity index (χ1v) is 11.1. The van der Waals surface area contributed by atoms with Crippen molar-refractivity contribution in [3.8, 4) is 0 Å². The van der Waals surface area contributed by atoms with Crippen LogP contribution in [0.25, 0.3) is 11.0 Å². The van der Waals surface area contributed by atoms with Crippen LogP contribution >= 0.6 is 0 Å². The second-order valence-electron chi connectivity index (χ2n) is 7.96. The first-order chi connectivity index (χ1) is 14.6. The van der Waals surface area contributed by atoms with Gasteiger partial charge in [-0.15, -0.1) is 0 Å². The molecule has 1 unspecified atom stereocenters. The zero-order chi connectivity index (χ0) is 21.3. The Kier molecular flexibility index (Phi) is 7.83. The molecule has 0 bridgehead atoms. The summed E-state index contributed by atoms with van der Waals surface area (Å²) in [6, 6.07) is 17.4. The first-order valence-electron chi connectivity index (χ1n) is 11.1. The minimum absolute atomic E-state index is 0.101. The highest BCUT2D eigenvalue weighted by Gasteiger charge is 2.11. The van der Waals surface area contributed by atoms with E-state index in [0.29, 0.717) is 12.5 Å². The van der Waals surface area contributed by atoms with Gasteiger partial charge < -0.3 is 9.88 Å². The van der Waals surface area contributed by atoms with Crippen LogP contribution in [0.2, 0.25) is 0 Å². The summed E-state index contributed by atoms with van der Waals surface area (Å²) < 4.78 is 2.35. The van der Waals surface area contributed by atoms with Gasteiger partial charge >= 0.3 is 0 Å². The second kappa shape index (κ2) is 10.8. The van der Waals surface area contributed by atoms with Crippen molar-refractivity contribution < 1.29 is 4.79 Å². The van der Waals surface area contributed by atoms with Gasteiger partial charge in [-0.1, -0.05) is 63.2 Å². The van der Waals surface area contributed by atoms with Crippen molar-refractivity contribution in [3.63, 3.8) is 0 Å². The molecule has 0 saturated carbocycles. The van der Waals surface area contributed by atoms with E-state index >= 15 is 0 Å². The van der Waals surface area contributed by atoms with Gasteiger partial charge in [0, 0.05) is 19.5 Å². The molecule has 1 atom stereocenters. The van der Waals surface area contributed by atoms with Gasteiger partial charge in [0.05, 0.1) is 11.0 Å². The Morgan fingerprint density at radius 1 is 1.13 bits per heavy atom. The Morgan fingerprint density at radius 2 is 1.90 bits per heavy atom. The Morgan fingerprint density at radius 3 is 2.63 bits per heavy atom. The van der Waals surface area contributed by atoms with Crippen LogP contribution in [-0.4, -0.2) is 22.0 Å². The topological polar surface area (TPSA) is 46.9 Å². The monoisotopic (exact) mass is 403 g/mol. The number of imidazole rings is 1. The molecular weight excluding hydrogens is 370 g/mol. The van der Waals surface area contributed by atoms with Gasteiger partial charge in [0.15, 0.2) is 0 Å². The third kappa shape index (κ3) is 5.59. The van der Waals surface area contributed by atoms with Crippen LogP contribution in [0.5, 0.6) is 0 Å². The van der Waals surface area contributed by atoms with Crippen LogP contribution in [0.3, 0.4) is 0 Å². The highest BCUT2D eigenvalue weighted by atomic mass is 16.1. The summed E-state index contributed by atoms with van der Waals surface area (Å²) in [6.45, 7) is 9.52.